The second-order valence-corrected chi connectivity index (χ2v) is 7.46. The number of aromatic amines is 1. The number of benzene rings is 2. The molecule has 0 unspecified atom stereocenters. The lowest BCUT2D eigenvalue weighted by atomic mass is 10.0. The highest BCUT2D eigenvalue weighted by molar-refractivity contribution is 9.10. The zero-order valence-electron chi connectivity index (χ0n) is 13.5. The van der Waals surface area contributed by atoms with E-state index in [1.54, 1.807) is 6.07 Å². The van der Waals surface area contributed by atoms with Crippen molar-refractivity contribution in [2.45, 2.75) is 19.3 Å². The molecule has 3 nitrogen and oxygen atoms in total. The molecule has 0 saturated carbocycles. The number of hydrogen-bond acceptors (Lipinski definition) is 2. The molecular formula is C19H16BrCl2NO2. The van der Waals surface area contributed by atoms with Gasteiger partial charge < -0.3 is 9.72 Å². The Kier molecular flexibility index (Phi) is 5.72. The molecular weight excluding hydrogens is 425 g/mol. The van der Waals surface area contributed by atoms with Crippen LogP contribution in [-0.2, 0) is 16.0 Å². The number of ether oxygens (including phenoxy) is 1. The lowest BCUT2D eigenvalue weighted by Gasteiger charge is -2.07. The van der Waals surface area contributed by atoms with Crippen LogP contribution < -0.4 is 0 Å². The lowest BCUT2D eigenvalue weighted by Crippen LogP contribution is -2.00. The highest BCUT2D eigenvalue weighted by Crippen LogP contribution is 2.35. The molecule has 3 rings (SSSR count). The van der Waals surface area contributed by atoms with Crippen molar-refractivity contribution < 1.29 is 9.53 Å². The molecule has 0 saturated heterocycles. The van der Waals surface area contributed by atoms with Gasteiger partial charge in [0.1, 0.15) is 0 Å². The van der Waals surface area contributed by atoms with Crippen molar-refractivity contribution in [3.8, 4) is 11.3 Å². The maximum Gasteiger partial charge on any atom is 0.305 e. The average molecular weight is 441 g/mol. The predicted octanol–water partition coefficient (Wildman–Crippen LogP) is 6.40. The Labute approximate surface area is 164 Å². The Balaban J connectivity index is 2.05. The number of carbonyl (C=O) groups excluding carboxylic acids is 1. The summed E-state index contributed by atoms with van der Waals surface area (Å²) in [5.41, 5.74) is 4.15. The molecule has 1 aromatic heterocycles. The molecule has 130 valence electrons. The maximum absolute atomic E-state index is 11.4. The molecule has 0 spiro atoms. The molecule has 3 aromatic rings. The van der Waals surface area contributed by atoms with E-state index in [1.165, 1.54) is 7.11 Å². The molecule has 0 amide bonds. The number of halogens is 3. The summed E-state index contributed by atoms with van der Waals surface area (Å²) in [6, 6.07) is 11.7. The summed E-state index contributed by atoms with van der Waals surface area (Å²) in [4.78, 5) is 14.9. The predicted molar refractivity (Wildman–Crippen MR) is 106 cm³/mol. The fourth-order valence-corrected chi connectivity index (χ4v) is 3.55. The molecule has 0 atom stereocenters. The quantitative estimate of drug-likeness (QED) is 0.466. The van der Waals surface area contributed by atoms with Gasteiger partial charge >= 0.3 is 5.97 Å². The fraction of sp³-hybridized carbons (Fsp3) is 0.211. The number of hydrogen-bond donors (Lipinski definition) is 1. The average Bonchev–Trinajstić information content (AvgIpc) is 2.95. The molecule has 2 aromatic carbocycles. The maximum atomic E-state index is 11.4. The van der Waals surface area contributed by atoms with Crippen molar-refractivity contribution in [2.24, 2.45) is 0 Å². The topological polar surface area (TPSA) is 42.1 Å². The summed E-state index contributed by atoms with van der Waals surface area (Å²) in [5, 5.41) is 2.16. The highest BCUT2D eigenvalue weighted by atomic mass is 79.9. The highest BCUT2D eigenvalue weighted by Gasteiger charge is 2.15. The smallest absolute Gasteiger partial charge is 0.305 e. The van der Waals surface area contributed by atoms with Gasteiger partial charge in [0.05, 0.1) is 17.2 Å². The van der Waals surface area contributed by atoms with E-state index >= 15 is 0 Å². The van der Waals surface area contributed by atoms with Crippen molar-refractivity contribution in [3.63, 3.8) is 0 Å². The van der Waals surface area contributed by atoms with E-state index in [2.05, 4.69) is 27.0 Å². The summed E-state index contributed by atoms with van der Waals surface area (Å²) >= 11 is 15.8. The second-order valence-electron chi connectivity index (χ2n) is 5.73. The van der Waals surface area contributed by atoms with E-state index < -0.39 is 0 Å². The Bertz CT molecular complexity index is 937. The Hall–Kier alpha value is -1.49. The second kappa shape index (κ2) is 7.81. The van der Waals surface area contributed by atoms with E-state index in [4.69, 9.17) is 27.9 Å². The first-order valence-corrected chi connectivity index (χ1v) is 9.37. The van der Waals surface area contributed by atoms with Crippen molar-refractivity contribution in [1.82, 2.24) is 4.98 Å². The number of esters is 1. The number of aryl methyl sites for hydroxylation is 1. The van der Waals surface area contributed by atoms with Crippen LogP contribution in [0.5, 0.6) is 0 Å². The van der Waals surface area contributed by atoms with Gasteiger partial charge in [0.15, 0.2) is 0 Å². The van der Waals surface area contributed by atoms with E-state index in [1.807, 2.05) is 24.3 Å². The molecule has 0 fully saturated rings. The third kappa shape index (κ3) is 4.02. The van der Waals surface area contributed by atoms with Crippen LogP contribution >= 0.6 is 39.1 Å². The number of aromatic nitrogens is 1. The van der Waals surface area contributed by atoms with Crippen LogP contribution in [-0.4, -0.2) is 18.1 Å². The van der Waals surface area contributed by atoms with Gasteiger partial charge in [-0.3, -0.25) is 4.79 Å². The monoisotopic (exact) mass is 439 g/mol. The van der Waals surface area contributed by atoms with Gasteiger partial charge in [-0.25, -0.2) is 0 Å². The van der Waals surface area contributed by atoms with Gasteiger partial charge in [0, 0.05) is 27.5 Å². The zero-order valence-corrected chi connectivity index (χ0v) is 16.6. The molecule has 0 bridgehead atoms. The van der Waals surface area contributed by atoms with Crippen LogP contribution in [0.3, 0.4) is 0 Å². The van der Waals surface area contributed by atoms with Crippen molar-refractivity contribution in [3.05, 3.63) is 56.5 Å². The fourth-order valence-electron chi connectivity index (χ4n) is 2.89. The van der Waals surface area contributed by atoms with Crippen LogP contribution in [0.25, 0.3) is 22.2 Å². The third-order valence-electron chi connectivity index (χ3n) is 4.11. The van der Waals surface area contributed by atoms with Crippen molar-refractivity contribution >= 4 is 56.0 Å². The van der Waals surface area contributed by atoms with E-state index in [9.17, 15) is 4.79 Å². The minimum atomic E-state index is -0.197. The van der Waals surface area contributed by atoms with Gasteiger partial charge in [0.2, 0.25) is 0 Å². The van der Waals surface area contributed by atoms with E-state index in [0.29, 0.717) is 22.9 Å². The lowest BCUT2D eigenvalue weighted by molar-refractivity contribution is -0.140. The summed E-state index contributed by atoms with van der Waals surface area (Å²) in [7, 11) is 1.41. The normalized spacial score (nSPS) is 11.0. The number of fused-ring (bicyclic) bond motifs is 1. The van der Waals surface area contributed by atoms with Crippen LogP contribution in [0.4, 0.5) is 0 Å². The molecule has 0 aliphatic carbocycles. The van der Waals surface area contributed by atoms with E-state index in [0.717, 1.165) is 38.6 Å². The number of methoxy groups -OCH3 is 1. The molecule has 0 radical (unpaired) electrons. The van der Waals surface area contributed by atoms with E-state index in [-0.39, 0.29) is 5.97 Å². The first-order chi connectivity index (χ1) is 12.0. The van der Waals surface area contributed by atoms with Gasteiger partial charge in [0.25, 0.3) is 0 Å². The third-order valence-corrected chi connectivity index (χ3v) is 5.34. The molecule has 1 heterocycles. The number of H-pyrrole nitrogens is 1. The first kappa shape index (κ1) is 18.3. The van der Waals surface area contributed by atoms with Crippen LogP contribution in [0.1, 0.15) is 18.4 Å². The number of rotatable bonds is 5. The van der Waals surface area contributed by atoms with Crippen LogP contribution in [0, 0.1) is 0 Å². The Morgan fingerprint density at radius 1 is 1.16 bits per heavy atom. The molecule has 0 aliphatic heterocycles. The van der Waals surface area contributed by atoms with Crippen LogP contribution in [0.2, 0.25) is 10.0 Å². The van der Waals surface area contributed by atoms with Gasteiger partial charge in [-0.1, -0.05) is 45.2 Å². The molecule has 6 heteroatoms. The summed E-state index contributed by atoms with van der Waals surface area (Å²) in [5.74, 6) is -0.197. The standard InChI is InChI=1S/C19H16BrCl2NO2/c1-25-18(24)4-2-3-13-14-10-12(20)6-8-17(14)23-19(13)11-5-7-15(21)16(22)9-11/h5-10,23H,2-4H2,1H3. The summed E-state index contributed by atoms with van der Waals surface area (Å²) in [6.07, 6.45) is 1.85. The Morgan fingerprint density at radius 2 is 1.96 bits per heavy atom. The largest absolute Gasteiger partial charge is 0.469 e. The SMILES string of the molecule is COC(=O)CCCc1c(-c2ccc(Cl)c(Cl)c2)[nH]c2ccc(Br)cc12. The number of carbonyl (C=O) groups is 1. The minimum absolute atomic E-state index is 0.197. The van der Waals surface area contributed by atoms with Crippen LogP contribution in [0.15, 0.2) is 40.9 Å². The summed E-state index contributed by atoms with van der Waals surface area (Å²) < 4.78 is 5.74. The zero-order chi connectivity index (χ0) is 18.0. The van der Waals surface area contributed by atoms with Crippen molar-refractivity contribution in [2.75, 3.05) is 7.11 Å². The van der Waals surface area contributed by atoms with Gasteiger partial charge in [-0.15, -0.1) is 0 Å². The molecule has 0 aliphatic rings. The minimum Gasteiger partial charge on any atom is -0.469 e. The molecule has 1 N–H and O–H groups in total. The molecule has 25 heavy (non-hydrogen) atoms. The summed E-state index contributed by atoms with van der Waals surface area (Å²) in [6.45, 7) is 0. The number of nitrogens with one attached hydrogen (secondary N) is 1. The van der Waals surface area contributed by atoms with Gasteiger partial charge in [-0.2, -0.15) is 0 Å². The van der Waals surface area contributed by atoms with Crippen molar-refractivity contribution in [1.29, 1.82) is 0 Å². The Morgan fingerprint density at radius 3 is 2.68 bits per heavy atom. The van der Waals surface area contributed by atoms with Gasteiger partial charge in [-0.05, 0) is 54.3 Å². The first-order valence-electron chi connectivity index (χ1n) is 7.82.